The van der Waals surface area contributed by atoms with E-state index in [2.05, 4.69) is 22.1 Å². The van der Waals surface area contributed by atoms with E-state index in [9.17, 15) is 4.79 Å². The fraction of sp³-hybridized carbons (Fsp3) is 0.647. The average Bonchev–Trinajstić information content (AvgIpc) is 3.00. The molecular weight excluding hydrogens is 262 g/mol. The first-order valence-electron chi connectivity index (χ1n) is 8.24. The van der Waals surface area contributed by atoms with E-state index in [4.69, 9.17) is 0 Å². The highest BCUT2D eigenvalue weighted by Gasteiger charge is 2.20. The molecule has 1 unspecified atom stereocenters. The van der Waals surface area contributed by atoms with Crippen LogP contribution in [0.25, 0.3) is 0 Å². The van der Waals surface area contributed by atoms with E-state index in [1.807, 2.05) is 18.3 Å². The third kappa shape index (κ3) is 3.55. The summed E-state index contributed by atoms with van der Waals surface area (Å²) in [6.45, 7) is 4.48. The largest absolute Gasteiger partial charge is 0.370 e. The molecule has 1 aromatic rings. The number of nitrogens with zero attached hydrogens (tertiary/aromatic N) is 2. The van der Waals surface area contributed by atoms with Gasteiger partial charge in [-0.05, 0) is 43.7 Å². The van der Waals surface area contributed by atoms with E-state index in [1.54, 1.807) is 0 Å². The molecule has 3 rings (SSSR count). The van der Waals surface area contributed by atoms with Crippen LogP contribution in [0.3, 0.4) is 0 Å². The van der Waals surface area contributed by atoms with Crippen molar-refractivity contribution in [2.24, 2.45) is 5.92 Å². The number of piperidine rings is 1. The van der Waals surface area contributed by atoms with Crippen LogP contribution in [0.2, 0.25) is 0 Å². The summed E-state index contributed by atoms with van der Waals surface area (Å²) < 4.78 is 0. The summed E-state index contributed by atoms with van der Waals surface area (Å²) in [7, 11) is 0. The molecule has 4 nitrogen and oxygen atoms in total. The number of anilines is 1. The van der Waals surface area contributed by atoms with Crippen LogP contribution in [0.5, 0.6) is 0 Å². The number of nitrogens with one attached hydrogen (secondary N) is 1. The van der Waals surface area contributed by atoms with Crippen molar-refractivity contribution >= 4 is 11.6 Å². The Kier molecular flexibility index (Phi) is 4.42. The molecule has 1 aliphatic heterocycles. The normalized spacial score (nSPS) is 23.3. The van der Waals surface area contributed by atoms with Crippen molar-refractivity contribution in [3.05, 3.63) is 24.0 Å². The fourth-order valence-corrected chi connectivity index (χ4v) is 3.46. The van der Waals surface area contributed by atoms with Gasteiger partial charge in [0.05, 0.1) is 11.9 Å². The third-order valence-corrected chi connectivity index (χ3v) is 4.69. The van der Waals surface area contributed by atoms with Gasteiger partial charge in [0.1, 0.15) is 5.69 Å². The Bertz CT molecular complexity index is 479. The molecule has 1 saturated carbocycles. The van der Waals surface area contributed by atoms with Crippen LogP contribution in [0.15, 0.2) is 18.3 Å². The summed E-state index contributed by atoms with van der Waals surface area (Å²) in [5.41, 5.74) is 1.68. The van der Waals surface area contributed by atoms with Crippen LogP contribution in [-0.4, -0.2) is 30.0 Å². The zero-order valence-electron chi connectivity index (χ0n) is 12.8. The number of pyridine rings is 1. The summed E-state index contributed by atoms with van der Waals surface area (Å²) in [5, 5.41) is 3.09. The maximum atomic E-state index is 12.2. The summed E-state index contributed by atoms with van der Waals surface area (Å²) in [6, 6.07) is 4.25. The summed E-state index contributed by atoms with van der Waals surface area (Å²) in [6.07, 6.45) is 9.07. The number of hydrogen-bond donors (Lipinski definition) is 1. The maximum Gasteiger partial charge on any atom is 0.270 e. The third-order valence-electron chi connectivity index (χ3n) is 4.69. The van der Waals surface area contributed by atoms with Crippen molar-refractivity contribution in [3.63, 3.8) is 0 Å². The van der Waals surface area contributed by atoms with Gasteiger partial charge < -0.3 is 10.2 Å². The molecule has 0 spiro atoms. The monoisotopic (exact) mass is 287 g/mol. The lowest BCUT2D eigenvalue weighted by molar-refractivity contribution is 0.0933. The van der Waals surface area contributed by atoms with E-state index in [0.29, 0.717) is 11.7 Å². The number of rotatable bonds is 3. The van der Waals surface area contributed by atoms with Gasteiger partial charge in [-0.2, -0.15) is 0 Å². The van der Waals surface area contributed by atoms with Crippen molar-refractivity contribution in [1.82, 2.24) is 10.3 Å². The molecule has 1 N–H and O–H groups in total. The molecule has 1 amide bonds. The Morgan fingerprint density at radius 1 is 1.24 bits per heavy atom. The van der Waals surface area contributed by atoms with Crippen LogP contribution in [-0.2, 0) is 0 Å². The minimum absolute atomic E-state index is 0.0273. The average molecular weight is 287 g/mol. The van der Waals surface area contributed by atoms with Crippen molar-refractivity contribution in [3.8, 4) is 0 Å². The molecular formula is C17H25N3O. The molecule has 0 bridgehead atoms. The predicted octanol–water partition coefficient (Wildman–Crippen LogP) is 2.99. The van der Waals surface area contributed by atoms with E-state index >= 15 is 0 Å². The van der Waals surface area contributed by atoms with Gasteiger partial charge in [0.15, 0.2) is 0 Å². The first-order chi connectivity index (χ1) is 10.2. The maximum absolute atomic E-state index is 12.2. The molecule has 1 saturated heterocycles. The summed E-state index contributed by atoms with van der Waals surface area (Å²) >= 11 is 0. The lowest BCUT2D eigenvalue weighted by Crippen LogP contribution is -2.35. The first kappa shape index (κ1) is 14.4. The molecule has 1 aliphatic carbocycles. The highest BCUT2D eigenvalue weighted by Crippen LogP contribution is 2.22. The molecule has 1 atom stereocenters. The standard InChI is InChI=1S/C17H25N3O/c1-13-5-4-10-20(12-13)15-8-9-16(18-11-15)17(21)19-14-6-2-3-7-14/h8-9,11,13-14H,2-7,10,12H2,1H3,(H,19,21). The van der Waals surface area contributed by atoms with Crippen molar-refractivity contribution in [2.75, 3.05) is 18.0 Å². The fourth-order valence-electron chi connectivity index (χ4n) is 3.46. The van der Waals surface area contributed by atoms with Crippen LogP contribution < -0.4 is 10.2 Å². The second-order valence-corrected chi connectivity index (χ2v) is 6.55. The van der Waals surface area contributed by atoms with Gasteiger partial charge >= 0.3 is 0 Å². The Morgan fingerprint density at radius 3 is 2.71 bits per heavy atom. The first-order valence-corrected chi connectivity index (χ1v) is 8.24. The Hall–Kier alpha value is -1.58. The predicted molar refractivity (Wildman–Crippen MR) is 84.6 cm³/mol. The minimum atomic E-state index is -0.0273. The van der Waals surface area contributed by atoms with Crippen LogP contribution >= 0.6 is 0 Å². The molecule has 2 heterocycles. The molecule has 0 aromatic carbocycles. The van der Waals surface area contributed by atoms with E-state index in [0.717, 1.165) is 37.5 Å². The molecule has 114 valence electrons. The van der Waals surface area contributed by atoms with E-state index < -0.39 is 0 Å². The van der Waals surface area contributed by atoms with E-state index in [-0.39, 0.29) is 5.91 Å². The SMILES string of the molecule is CC1CCCN(c2ccc(C(=O)NC3CCCC3)nc2)C1. The van der Waals surface area contributed by atoms with Gasteiger partial charge in [-0.25, -0.2) is 4.98 Å². The zero-order chi connectivity index (χ0) is 14.7. The number of carbonyl (C=O) groups excluding carboxylic acids is 1. The highest BCUT2D eigenvalue weighted by molar-refractivity contribution is 5.92. The Balaban J connectivity index is 1.61. The molecule has 1 aromatic heterocycles. The van der Waals surface area contributed by atoms with Crippen molar-refractivity contribution in [1.29, 1.82) is 0 Å². The number of hydrogen-bond acceptors (Lipinski definition) is 3. The van der Waals surface area contributed by atoms with Crippen molar-refractivity contribution < 1.29 is 4.79 Å². The van der Waals surface area contributed by atoms with Gasteiger partial charge in [-0.3, -0.25) is 4.79 Å². The van der Waals surface area contributed by atoms with Crippen LogP contribution in [0, 0.1) is 5.92 Å². The van der Waals surface area contributed by atoms with Gasteiger partial charge in [0, 0.05) is 19.1 Å². The van der Waals surface area contributed by atoms with Gasteiger partial charge in [-0.15, -0.1) is 0 Å². The number of carbonyl (C=O) groups is 1. The van der Waals surface area contributed by atoms with Gasteiger partial charge in [-0.1, -0.05) is 19.8 Å². The smallest absolute Gasteiger partial charge is 0.270 e. The molecule has 4 heteroatoms. The van der Waals surface area contributed by atoms with Crippen LogP contribution in [0.1, 0.15) is 55.9 Å². The summed E-state index contributed by atoms with van der Waals surface area (Å²) in [4.78, 5) is 18.9. The quantitative estimate of drug-likeness (QED) is 0.929. The molecule has 2 aliphatic rings. The topological polar surface area (TPSA) is 45.2 Å². The van der Waals surface area contributed by atoms with Crippen molar-refractivity contribution in [2.45, 2.75) is 51.5 Å². The molecule has 21 heavy (non-hydrogen) atoms. The number of aromatic nitrogens is 1. The lowest BCUT2D eigenvalue weighted by Gasteiger charge is -2.32. The lowest BCUT2D eigenvalue weighted by atomic mass is 10.00. The Labute approximate surface area is 126 Å². The highest BCUT2D eigenvalue weighted by atomic mass is 16.1. The summed E-state index contributed by atoms with van der Waals surface area (Å²) in [5.74, 6) is 0.713. The molecule has 0 radical (unpaired) electrons. The second kappa shape index (κ2) is 6.46. The van der Waals surface area contributed by atoms with Gasteiger partial charge in [0.25, 0.3) is 5.91 Å². The Morgan fingerprint density at radius 2 is 2.05 bits per heavy atom. The number of amides is 1. The minimum Gasteiger partial charge on any atom is -0.370 e. The molecule has 2 fully saturated rings. The van der Waals surface area contributed by atoms with Crippen LogP contribution in [0.4, 0.5) is 5.69 Å². The van der Waals surface area contributed by atoms with E-state index in [1.165, 1.54) is 25.7 Å². The second-order valence-electron chi connectivity index (χ2n) is 6.55. The zero-order valence-corrected chi connectivity index (χ0v) is 12.8. The van der Waals surface area contributed by atoms with Gasteiger partial charge in [0.2, 0.25) is 0 Å².